The molecule has 0 bridgehead atoms. The van der Waals surface area contributed by atoms with Crippen molar-refractivity contribution in [3.63, 3.8) is 0 Å². The maximum absolute atomic E-state index is 12.4. The number of benzene rings is 2. The van der Waals surface area contributed by atoms with Crippen molar-refractivity contribution in [2.45, 2.75) is 19.8 Å². The first-order valence-electron chi connectivity index (χ1n) is 9.68. The van der Waals surface area contributed by atoms with Crippen LogP contribution < -0.4 is 19.7 Å². The molecular formula is C22H26N2O5. The minimum absolute atomic E-state index is 0.00170. The molecule has 0 saturated carbocycles. The van der Waals surface area contributed by atoms with E-state index in [4.69, 9.17) is 14.2 Å². The number of hydrogen-bond donors (Lipinski definition) is 1. The molecule has 7 heteroatoms. The molecular weight excluding hydrogens is 372 g/mol. The van der Waals surface area contributed by atoms with Gasteiger partial charge < -0.3 is 24.4 Å². The fourth-order valence-electron chi connectivity index (χ4n) is 3.09. The van der Waals surface area contributed by atoms with Crippen molar-refractivity contribution >= 4 is 23.2 Å². The number of carbonyl (C=O) groups excluding carboxylic acids is 2. The highest BCUT2D eigenvalue weighted by atomic mass is 16.5. The van der Waals surface area contributed by atoms with Crippen molar-refractivity contribution in [1.29, 1.82) is 0 Å². The van der Waals surface area contributed by atoms with Crippen molar-refractivity contribution < 1.29 is 23.8 Å². The van der Waals surface area contributed by atoms with Gasteiger partial charge in [0.05, 0.1) is 12.3 Å². The summed E-state index contributed by atoms with van der Waals surface area (Å²) in [6, 6.07) is 13.3. The van der Waals surface area contributed by atoms with Crippen LogP contribution in [0.5, 0.6) is 11.5 Å². The molecule has 29 heavy (non-hydrogen) atoms. The summed E-state index contributed by atoms with van der Waals surface area (Å²) < 4.78 is 16.1. The topological polar surface area (TPSA) is 77.1 Å². The molecule has 0 unspecified atom stereocenters. The summed E-state index contributed by atoms with van der Waals surface area (Å²) in [5, 5.41) is 2.74. The number of nitrogens with one attached hydrogen (secondary N) is 1. The normalized spacial score (nSPS) is 12.9. The third-order valence-electron chi connectivity index (χ3n) is 4.59. The Morgan fingerprint density at radius 3 is 2.72 bits per heavy atom. The molecule has 2 amide bonds. The van der Waals surface area contributed by atoms with Crippen molar-refractivity contribution in [1.82, 2.24) is 0 Å². The number of hydrogen-bond acceptors (Lipinski definition) is 5. The van der Waals surface area contributed by atoms with Crippen molar-refractivity contribution in [2.75, 3.05) is 43.7 Å². The molecule has 1 aliphatic rings. The number of anilines is 2. The van der Waals surface area contributed by atoms with Gasteiger partial charge in [0.2, 0.25) is 5.91 Å². The lowest BCUT2D eigenvalue weighted by molar-refractivity contribution is -0.121. The first-order chi connectivity index (χ1) is 14.1. The maximum atomic E-state index is 12.4. The van der Waals surface area contributed by atoms with E-state index in [0.29, 0.717) is 36.7 Å². The van der Waals surface area contributed by atoms with Gasteiger partial charge in [0, 0.05) is 19.3 Å². The van der Waals surface area contributed by atoms with Crippen LogP contribution in [0.3, 0.4) is 0 Å². The Bertz CT molecular complexity index is 851. The Hall–Kier alpha value is -3.06. The van der Waals surface area contributed by atoms with E-state index in [1.54, 1.807) is 23.1 Å². The lowest BCUT2D eigenvalue weighted by atomic mass is 10.2. The second-order valence-corrected chi connectivity index (χ2v) is 6.70. The maximum Gasteiger partial charge on any atom is 0.265 e. The predicted molar refractivity (Wildman–Crippen MR) is 111 cm³/mol. The van der Waals surface area contributed by atoms with Gasteiger partial charge in [-0.1, -0.05) is 19.1 Å². The molecule has 2 aromatic carbocycles. The summed E-state index contributed by atoms with van der Waals surface area (Å²) in [5.41, 5.74) is 2.49. The zero-order chi connectivity index (χ0) is 20.6. The number of nitrogens with zero attached hydrogens (tertiary/aromatic N) is 1. The van der Waals surface area contributed by atoms with Crippen LogP contribution in [0.2, 0.25) is 0 Å². The van der Waals surface area contributed by atoms with E-state index in [1.165, 1.54) is 12.7 Å². The first kappa shape index (κ1) is 20.7. The van der Waals surface area contributed by atoms with Gasteiger partial charge in [-0.25, -0.2) is 0 Å². The highest BCUT2D eigenvalue weighted by Gasteiger charge is 2.25. The monoisotopic (exact) mass is 398 g/mol. The van der Waals surface area contributed by atoms with E-state index in [9.17, 15) is 9.59 Å². The van der Waals surface area contributed by atoms with Gasteiger partial charge in [-0.3, -0.25) is 9.59 Å². The molecule has 0 fully saturated rings. The highest BCUT2D eigenvalue weighted by molar-refractivity contribution is 5.99. The molecule has 154 valence electrons. The summed E-state index contributed by atoms with van der Waals surface area (Å²) in [4.78, 5) is 25.8. The summed E-state index contributed by atoms with van der Waals surface area (Å²) in [7, 11) is 1.46. The van der Waals surface area contributed by atoms with E-state index >= 15 is 0 Å². The Morgan fingerprint density at radius 2 is 2.00 bits per heavy atom. The van der Waals surface area contributed by atoms with E-state index in [-0.39, 0.29) is 25.0 Å². The zero-order valence-corrected chi connectivity index (χ0v) is 16.8. The van der Waals surface area contributed by atoms with Crippen LogP contribution in [0, 0.1) is 0 Å². The smallest absolute Gasteiger partial charge is 0.265 e. The van der Waals surface area contributed by atoms with E-state index in [2.05, 4.69) is 24.4 Å². The summed E-state index contributed by atoms with van der Waals surface area (Å²) in [6.07, 6.45) is 1.66. The van der Waals surface area contributed by atoms with Gasteiger partial charge in [0.25, 0.3) is 5.91 Å². The van der Waals surface area contributed by atoms with Gasteiger partial charge in [-0.05, 0) is 48.7 Å². The van der Waals surface area contributed by atoms with Gasteiger partial charge in [-0.2, -0.15) is 0 Å². The molecule has 0 saturated heterocycles. The Labute approximate surface area is 170 Å². The van der Waals surface area contributed by atoms with Gasteiger partial charge in [-0.15, -0.1) is 0 Å². The average Bonchev–Trinajstić information content (AvgIpc) is 2.73. The number of fused-ring (bicyclic) bond motifs is 1. The molecule has 7 nitrogen and oxygen atoms in total. The molecule has 1 aliphatic heterocycles. The predicted octanol–water partition coefficient (Wildman–Crippen LogP) is 3.03. The Kier molecular flexibility index (Phi) is 7.08. The van der Waals surface area contributed by atoms with Crippen LogP contribution >= 0.6 is 0 Å². The second-order valence-electron chi connectivity index (χ2n) is 6.70. The van der Waals surface area contributed by atoms with Gasteiger partial charge in [0.15, 0.2) is 6.61 Å². The number of carbonyl (C=O) groups is 2. The number of rotatable bonds is 9. The lowest BCUT2D eigenvalue weighted by Gasteiger charge is -2.29. The van der Waals surface area contributed by atoms with Crippen LogP contribution in [0.4, 0.5) is 11.4 Å². The van der Waals surface area contributed by atoms with Crippen molar-refractivity contribution in [2.24, 2.45) is 0 Å². The fraction of sp³-hybridized carbons (Fsp3) is 0.364. The summed E-state index contributed by atoms with van der Waals surface area (Å²) >= 11 is 0. The second kappa shape index (κ2) is 9.93. The molecule has 0 radical (unpaired) electrons. The van der Waals surface area contributed by atoms with Gasteiger partial charge in [0.1, 0.15) is 18.1 Å². The summed E-state index contributed by atoms with van der Waals surface area (Å²) in [5.74, 6) is 1.05. The standard InChI is InChI=1S/C22H26N2O5/c1-3-16-5-8-18(9-6-16)28-12-4-11-24-19-13-17(23-21(25)14-27-2)7-10-20(19)29-15-22(24)26/h5-10,13H,3-4,11-12,14-15H2,1-2H3,(H,23,25). The van der Waals surface area contributed by atoms with Crippen LogP contribution in [0.25, 0.3) is 0 Å². The quantitative estimate of drug-likeness (QED) is 0.657. The molecule has 1 heterocycles. The van der Waals surface area contributed by atoms with Crippen molar-refractivity contribution in [3.8, 4) is 11.5 Å². The fourth-order valence-corrected chi connectivity index (χ4v) is 3.09. The van der Waals surface area contributed by atoms with Crippen LogP contribution in [-0.4, -0.2) is 45.3 Å². The molecule has 0 aliphatic carbocycles. The number of amides is 2. The molecule has 1 N–H and O–H groups in total. The third-order valence-corrected chi connectivity index (χ3v) is 4.59. The number of methoxy groups -OCH3 is 1. The molecule has 3 rings (SSSR count). The number of aryl methyl sites for hydroxylation is 1. The van der Waals surface area contributed by atoms with E-state index < -0.39 is 0 Å². The molecule has 2 aromatic rings. The number of ether oxygens (including phenoxy) is 3. The third kappa shape index (κ3) is 5.48. The van der Waals surface area contributed by atoms with E-state index in [1.807, 2.05) is 12.1 Å². The average molecular weight is 398 g/mol. The van der Waals surface area contributed by atoms with Crippen LogP contribution in [0.1, 0.15) is 18.9 Å². The largest absolute Gasteiger partial charge is 0.494 e. The SMILES string of the molecule is CCc1ccc(OCCCN2C(=O)COc3ccc(NC(=O)COC)cc32)cc1. The minimum Gasteiger partial charge on any atom is -0.494 e. The van der Waals surface area contributed by atoms with Gasteiger partial charge >= 0.3 is 0 Å². The highest BCUT2D eigenvalue weighted by Crippen LogP contribution is 2.34. The van der Waals surface area contributed by atoms with E-state index in [0.717, 1.165) is 12.2 Å². The lowest BCUT2D eigenvalue weighted by Crippen LogP contribution is -2.39. The molecule has 0 spiro atoms. The Morgan fingerprint density at radius 1 is 1.21 bits per heavy atom. The molecule has 0 aromatic heterocycles. The summed E-state index contributed by atoms with van der Waals surface area (Å²) in [6.45, 7) is 3.07. The molecule has 0 atom stereocenters. The Balaban J connectivity index is 1.60. The minimum atomic E-state index is -0.260. The van der Waals surface area contributed by atoms with Crippen LogP contribution in [0.15, 0.2) is 42.5 Å². The van der Waals surface area contributed by atoms with Crippen LogP contribution in [-0.2, 0) is 20.7 Å². The zero-order valence-electron chi connectivity index (χ0n) is 16.8. The first-order valence-corrected chi connectivity index (χ1v) is 9.68. The van der Waals surface area contributed by atoms with Crippen molar-refractivity contribution in [3.05, 3.63) is 48.0 Å².